The molecule has 0 aliphatic heterocycles. The molecule has 2 unspecified atom stereocenters. The van der Waals surface area contributed by atoms with Gasteiger partial charge in [0.2, 0.25) is 0 Å². The van der Waals surface area contributed by atoms with Crippen molar-refractivity contribution in [1.29, 1.82) is 0 Å². The van der Waals surface area contributed by atoms with Crippen molar-refractivity contribution in [1.82, 2.24) is 0 Å². The molecule has 0 aliphatic carbocycles. The molecule has 0 saturated heterocycles. The Kier molecular flexibility index (Phi) is 20.5. The van der Waals surface area contributed by atoms with E-state index in [1.807, 2.05) is 12.5 Å². The van der Waals surface area contributed by atoms with E-state index in [4.69, 9.17) is 10.2 Å². The summed E-state index contributed by atoms with van der Waals surface area (Å²) in [5.41, 5.74) is 0. The van der Waals surface area contributed by atoms with Crippen LogP contribution < -0.4 is 10.2 Å². The molecule has 0 fully saturated rings. The van der Waals surface area contributed by atoms with Gasteiger partial charge in [-0.1, -0.05) is 0 Å². The van der Waals surface area contributed by atoms with Crippen LogP contribution in [0.4, 0.5) is 0 Å². The van der Waals surface area contributed by atoms with Crippen LogP contribution in [0.15, 0.2) is 0 Å². The van der Waals surface area contributed by atoms with Crippen molar-refractivity contribution in [3.8, 4) is 0 Å². The number of hydrogen-bond donors (Lipinski definition) is 2. The van der Waals surface area contributed by atoms with Crippen molar-refractivity contribution in [2.24, 2.45) is 0 Å². The molecule has 0 bridgehead atoms. The standard InChI is InChI=1S/2C5H10O3S.Fe/c2*1-9-3-2-4(6)5(7)8;/h2*4,6H,2-3H2,1H3,(H,7,8);/q;;+2/p-2. The van der Waals surface area contributed by atoms with Crippen LogP contribution >= 0.6 is 23.5 Å². The predicted molar refractivity (Wildman–Crippen MR) is 68.0 cm³/mol. The van der Waals surface area contributed by atoms with Crippen LogP contribution in [0.2, 0.25) is 0 Å². The number of carbonyl (C=O) groups excluding carboxylic acids is 2. The molecule has 0 aromatic heterocycles. The van der Waals surface area contributed by atoms with E-state index >= 15 is 0 Å². The third-order valence-electron chi connectivity index (χ3n) is 1.73. The number of aliphatic hydroxyl groups excluding tert-OH is 2. The van der Waals surface area contributed by atoms with Crippen molar-refractivity contribution in [3.05, 3.63) is 0 Å². The van der Waals surface area contributed by atoms with Crippen LogP contribution in [0.1, 0.15) is 12.8 Å². The molecule has 0 aromatic rings. The molecular formula is C10H18FeO6S2. The van der Waals surface area contributed by atoms with Gasteiger partial charge >= 0.3 is 17.1 Å². The summed E-state index contributed by atoms with van der Waals surface area (Å²) in [6.45, 7) is 0. The van der Waals surface area contributed by atoms with Crippen molar-refractivity contribution in [2.45, 2.75) is 25.0 Å². The van der Waals surface area contributed by atoms with E-state index in [-0.39, 0.29) is 29.9 Å². The zero-order valence-corrected chi connectivity index (χ0v) is 13.4. The van der Waals surface area contributed by atoms with Gasteiger partial charge in [-0.2, -0.15) is 23.5 Å². The first-order chi connectivity index (χ1) is 8.36. The van der Waals surface area contributed by atoms with Gasteiger partial charge in [-0.25, -0.2) is 0 Å². The molecule has 9 heteroatoms. The van der Waals surface area contributed by atoms with Crippen molar-refractivity contribution < 1.29 is 47.1 Å². The van der Waals surface area contributed by atoms with Crippen molar-refractivity contribution in [2.75, 3.05) is 24.0 Å². The second kappa shape index (κ2) is 16.1. The van der Waals surface area contributed by atoms with Crippen LogP contribution in [-0.4, -0.2) is 58.4 Å². The van der Waals surface area contributed by atoms with E-state index in [0.717, 1.165) is 0 Å². The molecule has 6 nitrogen and oxygen atoms in total. The summed E-state index contributed by atoms with van der Waals surface area (Å²) in [4.78, 5) is 19.7. The molecular weight excluding hydrogens is 336 g/mol. The summed E-state index contributed by atoms with van der Waals surface area (Å²) in [6, 6.07) is 0. The van der Waals surface area contributed by atoms with Gasteiger partial charge in [0.15, 0.2) is 0 Å². The Labute approximate surface area is 131 Å². The van der Waals surface area contributed by atoms with Gasteiger partial charge in [-0.05, 0) is 36.9 Å². The van der Waals surface area contributed by atoms with Gasteiger partial charge in [0.1, 0.15) is 0 Å². The van der Waals surface area contributed by atoms with E-state index in [2.05, 4.69) is 0 Å². The molecule has 2 atom stereocenters. The number of carbonyl (C=O) groups is 2. The quantitative estimate of drug-likeness (QED) is 0.467. The minimum atomic E-state index is -1.39. The number of carboxylic acids is 2. The van der Waals surface area contributed by atoms with Crippen LogP contribution in [-0.2, 0) is 26.7 Å². The largest absolute Gasteiger partial charge is 2.00 e. The minimum absolute atomic E-state index is 0. The number of aliphatic hydroxyl groups is 2. The summed E-state index contributed by atoms with van der Waals surface area (Å²) >= 11 is 2.99. The van der Waals surface area contributed by atoms with Gasteiger partial charge in [-0.3, -0.25) is 0 Å². The summed E-state index contributed by atoms with van der Waals surface area (Å²) in [7, 11) is 0. The fraction of sp³-hybridized carbons (Fsp3) is 0.800. The topological polar surface area (TPSA) is 121 Å². The average Bonchev–Trinajstić information content (AvgIpc) is 2.33. The summed E-state index contributed by atoms with van der Waals surface area (Å²) in [5, 5.41) is 36.8. The Bertz CT molecular complexity index is 218. The first kappa shape index (κ1) is 24.1. The normalized spacial score (nSPS) is 12.4. The Morgan fingerprint density at radius 1 is 0.947 bits per heavy atom. The molecule has 0 rings (SSSR count). The third kappa shape index (κ3) is 18.1. The van der Waals surface area contributed by atoms with Gasteiger partial charge in [0.05, 0.1) is 24.1 Å². The van der Waals surface area contributed by atoms with E-state index < -0.39 is 24.1 Å². The second-order valence-corrected chi connectivity index (χ2v) is 5.20. The molecule has 0 radical (unpaired) electrons. The molecule has 0 aromatic carbocycles. The third-order valence-corrected chi connectivity index (χ3v) is 3.02. The first-order valence-corrected chi connectivity index (χ1v) is 7.91. The van der Waals surface area contributed by atoms with Crippen LogP contribution in [0.5, 0.6) is 0 Å². The number of thioether (sulfide) groups is 2. The van der Waals surface area contributed by atoms with E-state index in [9.17, 15) is 19.8 Å². The van der Waals surface area contributed by atoms with Gasteiger partial charge < -0.3 is 30.0 Å². The molecule has 114 valence electrons. The zero-order chi connectivity index (χ0) is 14.6. The second-order valence-electron chi connectivity index (χ2n) is 3.23. The number of aliphatic carboxylic acids is 2. The van der Waals surface area contributed by atoms with Crippen molar-refractivity contribution >= 4 is 35.5 Å². The van der Waals surface area contributed by atoms with E-state index in [0.29, 0.717) is 11.5 Å². The minimum Gasteiger partial charge on any atom is -0.547 e. The molecule has 0 saturated carbocycles. The predicted octanol–water partition coefficient (Wildman–Crippen LogP) is -2.30. The molecule has 0 spiro atoms. The Balaban J connectivity index is -0.000000256. The van der Waals surface area contributed by atoms with E-state index in [1.165, 1.54) is 23.5 Å². The van der Waals surface area contributed by atoms with Gasteiger partial charge in [0, 0.05) is 0 Å². The number of rotatable bonds is 8. The fourth-order valence-corrected chi connectivity index (χ4v) is 1.61. The van der Waals surface area contributed by atoms with Crippen LogP contribution in [0.3, 0.4) is 0 Å². The summed E-state index contributed by atoms with van der Waals surface area (Å²) < 4.78 is 0. The van der Waals surface area contributed by atoms with E-state index in [1.54, 1.807) is 0 Å². The maximum Gasteiger partial charge on any atom is 2.00 e. The first-order valence-electron chi connectivity index (χ1n) is 5.12. The molecule has 19 heavy (non-hydrogen) atoms. The van der Waals surface area contributed by atoms with Crippen molar-refractivity contribution in [3.63, 3.8) is 0 Å². The zero-order valence-electron chi connectivity index (χ0n) is 10.7. The molecule has 2 N–H and O–H groups in total. The summed E-state index contributed by atoms with van der Waals surface area (Å²) in [5.74, 6) is -1.47. The maximum absolute atomic E-state index is 9.83. The fourth-order valence-electron chi connectivity index (χ4n) is 0.695. The molecule has 0 heterocycles. The van der Waals surface area contributed by atoms with Crippen LogP contribution in [0, 0.1) is 0 Å². The average molecular weight is 354 g/mol. The maximum atomic E-state index is 9.83. The number of carboxylic acid groups (broad SMARTS) is 2. The number of hydrogen-bond acceptors (Lipinski definition) is 8. The molecule has 0 aliphatic rings. The Hall–Kier alpha value is 0.0795. The van der Waals surface area contributed by atoms with Gasteiger partial charge in [-0.15, -0.1) is 0 Å². The smallest absolute Gasteiger partial charge is 0.547 e. The summed E-state index contributed by atoms with van der Waals surface area (Å²) in [6.07, 6.45) is 1.65. The van der Waals surface area contributed by atoms with Crippen LogP contribution in [0.25, 0.3) is 0 Å². The SMILES string of the molecule is CSCCC(O)C(=O)[O-].CSCCC(O)C(=O)[O-].[Fe+2]. The monoisotopic (exact) mass is 354 g/mol. The Morgan fingerprint density at radius 3 is 1.37 bits per heavy atom. The molecule has 0 amide bonds. The van der Waals surface area contributed by atoms with Gasteiger partial charge in [0.25, 0.3) is 0 Å². The Morgan fingerprint density at radius 2 is 1.21 bits per heavy atom.